The number of rotatable bonds is 3. The second-order valence-electron chi connectivity index (χ2n) is 7.55. The van der Waals surface area contributed by atoms with E-state index in [1.165, 1.54) is 12.8 Å². The first-order chi connectivity index (χ1) is 12.6. The minimum atomic E-state index is -0.0220. The standard InChI is InChI=1S/C20H23N5O/c1-13-20-21-19(14-7-8-14)22-25(20)10-9-24(13)18(26)11-15-12-23(2)17-6-4-3-5-16(15)17/h3-6,12-14H,7-11H2,1-2H3/t13-/m1/s1. The highest BCUT2D eigenvalue weighted by Gasteiger charge is 2.34. The summed E-state index contributed by atoms with van der Waals surface area (Å²) in [5, 5.41) is 5.81. The van der Waals surface area contributed by atoms with Crippen LogP contribution in [-0.4, -0.2) is 36.7 Å². The molecule has 134 valence electrons. The zero-order chi connectivity index (χ0) is 17.8. The minimum Gasteiger partial charge on any atom is -0.350 e. The molecule has 3 heterocycles. The number of hydrogen-bond donors (Lipinski definition) is 0. The molecule has 26 heavy (non-hydrogen) atoms. The van der Waals surface area contributed by atoms with Gasteiger partial charge in [0.05, 0.1) is 19.0 Å². The van der Waals surface area contributed by atoms with Crippen LogP contribution in [0.4, 0.5) is 0 Å². The van der Waals surface area contributed by atoms with Crippen molar-refractivity contribution < 1.29 is 4.79 Å². The summed E-state index contributed by atoms with van der Waals surface area (Å²) in [5.41, 5.74) is 2.25. The molecule has 0 unspecified atom stereocenters. The van der Waals surface area contributed by atoms with Crippen molar-refractivity contribution in [2.75, 3.05) is 6.54 Å². The van der Waals surface area contributed by atoms with Gasteiger partial charge in [0.15, 0.2) is 5.82 Å². The predicted molar refractivity (Wildman–Crippen MR) is 98.7 cm³/mol. The molecule has 0 spiro atoms. The molecular weight excluding hydrogens is 326 g/mol. The molecule has 6 heteroatoms. The number of carbonyl (C=O) groups is 1. The molecule has 1 aromatic carbocycles. The number of fused-ring (bicyclic) bond motifs is 2. The molecule has 2 aliphatic rings. The smallest absolute Gasteiger partial charge is 0.227 e. The molecule has 0 N–H and O–H groups in total. The Morgan fingerprint density at radius 3 is 2.85 bits per heavy atom. The molecule has 3 aromatic rings. The number of benzene rings is 1. The Morgan fingerprint density at radius 1 is 1.23 bits per heavy atom. The van der Waals surface area contributed by atoms with Crippen molar-refractivity contribution in [3.05, 3.63) is 47.7 Å². The number of nitrogens with zero attached hydrogens (tertiary/aromatic N) is 5. The van der Waals surface area contributed by atoms with Crippen molar-refractivity contribution in [1.29, 1.82) is 0 Å². The van der Waals surface area contributed by atoms with Gasteiger partial charge in [0.2, 0.25) is 5.91 Å². The van der Waals surface area contributed by atoms with Gasteiger partial charge in [0.25, 0.3) is 0 Å². The number of para-hydroxylation sites is 1. The average Bonchev–Trinajstić information content (AvgIpc) is 3.32. The zero-order valence-electron chi connectivity index (χ0n) is 15.2. The van der Waals surface area contributed by atoms with Crippen LogP contribution in [0.3, 0.4) is 0 Å². The summed E-state index contributed by atoms with van der Waals surface area (Å²) in [5.74, 6) is 2.61. The fourth-order valence-electron chi connectivity index (χ4n) is 4.07. The summed E-state index contributed by atoms with van der Waals surface area (Å²) < 4.78 is 4.09. The van der Waals surface area contributed by atoms with Crippen molar-refractivity contribution >= 4 is 16.8 Å². The molecule has 1 atom stereocenters. The van der Waals surface area contributed by atoms with Gasteiger partial charge in [-0.15, -0.1) is 0 Å². The van der Waals surface area contributed by atoms with E-state index in [1.807, 2.05) is 28.8 Å². The van der Waals surface area contributed by atoms with E-state index in [-0.39, 0.29) is 11.9 Å². The lowest BCUT2D eigenvalue weighted by molar-refractivity contribution is -0.133. The minimum absolute atomic E-state index is 0.0220. The fourth-order valence-corrected chi connectivity index (χ4v) is 4.07. The van der Waals surface area contributed by atoms with E-state index in [0.29, 0.717) is 18.9 Å². The number of hydrogen-bond acceptors (Lipinski definition) is 3. The van der Waals surface area contributed by atoms with Crippen LogP contribution in [0.25, 0.3) is 10.9 Å². The largest absolute Gasteiger partial charge is 0.350 e. The van der Waals surface area contributed by atoms with Crippen LogP contribution in [0.2, 0.25) is 0 Å². The van der Waals surface area contributed by atoms with Gasteiger partial charge in [-0.25, -0.2) is 9.67 Å². The lowest BCUT2D eigenvalue weighted by atomic mass is 10.1. The third kappa shape index (κ3) is 2.43. The molecule has 0 radical (unpaired) electrons. The Morgan fingerprint density at radius 2 is 2.04 bits per heavy atom. The van der Waals surface area contributed by atoms with E-state index in [4.69, 9.17) is 4.98 Å². The number of aromatic nitrogens is 4. The van der Waals surface area contributed by atoms with Crippen molar-refractivity contribution in [3.8, 4) is 0 Å². The molecule has 2 aromatic heterocycles. The summed E-state index contributed by atoms with van der Waals surface area (Å²) in [6.45, 7) is 3.50. The maximum atomic E-state index is 13.1. The molecule has 1 amide bonds. The second-order valence-corrected chi connectivity index (χ2v) is 7.55. The van der Waals surface area contributed by atoms with Gasteiger partial charge >= 0.3 is 0 Å². The van der Waals surface area contributed by atoms with Crippen LogP contribution in [0.15, 0.2) is 30.5 Å². The van der Waals surface area contributed by atoms with Crippen LogP contribution in [0.5, 0.6) is 0 Å². The summed E-state index contributed by atoms with van der Waals surface area (Å²) >= 11 is 0. The Labute approximate surface area is 152 Å². The van der Waals surface area contributed by atoms with Crippen LogP contribution in [0.1, 0.15) is 48.9 Å². The quantitative estimate of drug-likeness (QED) is 0.731. The second kappa shape index (κ2) is 5.69. The van der Waals surface area contributed by atoms with Crippen LogP contribution >= 0.6 is 0 Å². The third-order valence-electron chi connectivity index (χ3n) is 5.69. The molecule has 1 aliphatic carbocycles. The van der Waals surface area contributed by atoms with Crippen LogP contribution in [-0.2, 0) is 24.8 Å². The van der Waals surface area contributed by atoms with Crippen LogP contribution in [0, 0.1) is 0 Å². The van der Waals surface area contributed by atoms with Gasteiger partial charge in [0, 0.05) is 36.6 Å². The first-order valence-corrected chi connectivity index (χ1v) is 9.39. The molecule has 1 aliphatic heterocycles. The number of carbonyl (C=O) groups excluding carboxylic acids is 1. The van der Waals surface area contributed by atoms with E-state index in [2.05, 4.69) is 34.9 Å². The van der Waals surface area contributed by atoms with Gasteiger partial charge in [0.1, 0.15) is 5.82 Å². The Hall–Kier alpha value is -2.63. The van der Waals surface area contributed by atoms with Gasteiger partial charge in [-0.05, 0) is 31.4 Å². The normalized spacial score (nSPS) is 19.8. The maximum absolute atomic E-state index is 13.1. The summed E-state index contributed by atoms with van der Waals surface area (Å²) in [4.78, 5) is 19.8. The summed E-state index contributed by atoms with van der Waals surface area (Å²) in [6.07, 6.45) is 4.89. The molecule has 0 bridgehead atoms. The topological polar surface area (TPSA) is 56.0 Å². The first-order valence-electron chi connectivity index (χ1n) is 9.39. The van der Waals surface area contributed by atoms with Crippen molar-refractivity contribution in [3.63, 3.8) is 0 Å². The van der Waals surface area contributed by atoms with Gasteiger partial charge in [-0.3, -0.25) is 4.79 Å². The van der Waals surface area contributed by atoms with E-state index < -0.39 is 0 Å². The van der Waals surface area contributed by atoms with Crippen molar-refractivity contribution in [2.45, 2.75) is 44.7 Å². The molecule has 1 fully saturated rings. The third-order valence-corrected chi connectivity index (χ3v) is 5.69. The van der Waals surface area contributed by atoms with E-state index in [0.717, 1.165) is 34.7 Å². The van der Waals surface area contributed by atoms with Crippen LogP contribution < -0.4 is 0 Å². The molecule has 1 saturated carbocycles. The van der Waals surface area contributed by atoms with E-state index in [9.17, 15) is 4.79 Å². The SMILES string of the molecule is C[C@@H]1c2nc(C3CC3)nn2CCN1C(=O)Cc1cn(C)c2ccccc12. The summed E-state index contributed by atoms with van der Waals surface area (Å²) in [7, 11) is 2.03. The highest BCUT2D eigenvalue weighted by atomic mass is 16.2. The Kier molecular flexibility index (Phi) is 3.42. The highest BCUT2D eigenvalue weighted by molar-refractivity contribution is 5.89. The van der Waals surface area contributed by atoms with Gasteiger partial charge < -0.3 is 9.47 Å². The average molecular weight is 349 g/mol. The highest BCUT2D eigenvalue weighted by Crippen LogP contribution is 2.39. The van der Waals surface area contributed by atoms with Crippen molar-refractivity contribution in [2.24, 2.45) is 7.05 Å². The Bertz CT molecular complexity index is 997. The molecule has 6 nitrogen and oxygen atoms in total. The fraction of sp³-hybridized carbons (Fsp3) is 0.450. The lowest BCUT2D eigenvalue weighted by Crippen LogP contribution is -2.42. The first kappa shape index (κ1) is 15.6. The predicted octanol–water partition coefficient (Wildman–Crippen LogP) is 2.79. The number of amides is 1. The molecule has 5 rings (SSSR count). The summed E-state index contributed by atoms with van der Waals surface area (Å²) in [6, 6.07) is 8.23. The molecule has 0 saturated heterocycles. The monoisotopic (exact) mass is 349 g/mol. The van der Waals surface area contributed by atoms with E-state index in [1.54, 1.807) is 0 Å². The zero-order valence-corrected chi connectivity index (χ0v) is 15.2. The molecular formula is C20H23N5O. The van der Waals surface area contributed by atoms with Gasteiger partial charge in [-0.1, -0.05) is 18.2 Å². The van der Waals surface area contributed by atoms with E-state index >= 15 is 0 Å². The van der Waals surface area contributed by atoms with Crippen molar-refractivity contribution in [1.82, 2.24) is 24.2 Å². The van der Waals surface area contributed by atoms with Gasteiger partial charge in [-0.2, -0.15) is 5.10 Å². The number of aryl methyl sites for hydroxylation is 1. The maximum Gasteiger partial charge on any atom is 0.227 e. The Balaban J connectivity index is 1.40. The lowest BCUT2D eigenvalue weighted by Gasteiger charge is -2.33.